The van der Waals surface area contributed by atoms with Crippen LogP contribution in [0.5, 0.6) is 0 Å². The van der Waals surface area contributed by atoms with Crippen molar-refractivity contribution in [3.05, 3.63) is 29.3 Å². The molecule has 1 unspecified atom stereocenters. The summed E-state index contributed by atoms with van der Waals surface area (Å²) < 4.78 is 0. The maximum atomic E-state index is 10.8. The smallest absolute Gasteiger partial charge is 0.335 e. The van der Waals surface area contributed by atoms with Gasteiger partial charge in [-0.25, -0.2) is 4.79 Å². The van der Waals surface area contributed by atoms with E-state index in [1.807, 2.05) is 6.92 Å². The van der Waals surface area contributed by atoms with Gasteiger partial charge < -0.3 is 15.5 Å². The van der Waals surface area contributed by atoms with Crippen LogP contribution >= 0.6 is 0 Å². The molecular formula is C13H19NO3. The molecule has 0 heterocycles. The van der Waals surface area contributed by atoms with E-state index in [1.165, 1.54) is 0 Å². The lowest BCUT2D eigenvalue weighted by molar-refractivity contribution is 0.0696. The van der Waals surface area contributed by atoms with E-state index in [2.05, 4.69) is 5.32 Å². The summed E-state index contributed by atoms with van der Waals surface area (Å²) in [6.45, 7) is 4.27. The number of nitrogens with one attached hydrogen (secondary N) is 1. The molecule has 1 aromatic rings. The Morgan fingerprint density at radius 1 is 1.47 bits per heavy atom. The van der Waals surface area contributed by atoms with Crippen molar-refractivity contribution in [2.75, 3.05) is 11.9 Å². The summed E-state index contributed by atoms with van der Waals surface area (Å²) in [5, 5.41) is 21.5. The molecule has 0 aliphatic heterocycles. The standard InChI is InChI=1S/C13H19NO3/c1-3-4-11(15)8-14-10-5-6-12(13(16)17)9(2)7-10/h5-7,11,14-15H,3-4,8H2,1-2H3,(H,16,17). The maximum Gasteiger partial charge on any atom is 0.335 e. The number of carboxylic acid groups (broad SMARTS) is 1. The third kappa shape index (κ3) is 4.07. The van der Waals surface area contributed by atoms with Crippen molar-refractivity contribution in [1.82, 2.24) is 0 Å². The molecule has 0 saturated heterocycles. The van der Waals surface area contributed by atoms with Crippen LogP contribution in [0.4, 0.5) is 5.69 Å². The van der Waals surface area contributed by atoms with Crippen molar-refractivity contribution >= 4 is 11.7 Å². The zero-order valence-corrected chi connectivity index (χ0v) is 10.2. The highest BCUT2D eigenvalue weighted by atomic mass is 16.4. The van der Waals surface area contributed by atoms with E-state index in [9.17, 15) is 9.90 Å². The molecule has 1 rings (SSSR count). The van der Waals surface area contributed by atoms with Crippen LogP contribution in [0.1, 0.15) is 35.7 Å². The van der Waals surface area contributed by atoms with Gasteiger partial charge in [-0.2, -0.15) is 0 Å². The molecule has 94 valence electrons. The van der Waals surface area contributed by atoms with Crippen LogP contribution in [0.25, 0.3) is 0 Å². The number of benzene rings is 1. The summed E-state index contributed by atoms with van der Waals surface area (Å²) in [5.74, 6) is -0.917. The number of aliphatic hydroxyl groups is 1. The minimum absolute atomic E-state index is 0.310. The molecule has 0 amide bonds. The molecule has 0 aromatic heterocycles. The summed E-state index contributed by atoms with van der Waals surface area (Å²) in [6, 6.07) is 5.07. The number of anilines is 1. The van der Waals surface area contributed by atoms with Gasteiger partial charge in [0.25, 0.3) is 0 Å². The highest BCUT2D eigenvalue weighted by molar-refractivity contribution is 5.89. The topological polar surface area (TPSA) is 69.6 Å². The van der Waals surface area contributed by atoms with Crippen molar-refractivity contribution in [2.45, 2.75) is 32.8 Å². The second kappa shape index (κ2) is 6.25. The first-order chi connectivity index (χ1) is 8.04. The summed E-state index contributed by atoms with van der Waals surface area (Å²) in [7, 11) is 0. The molecule has 3 N–H and O–H groups in total. The fraction of sp³-hybridized carbons (Fsp3) is 0.462. The molecule has 0 bridgehead atoms. The highest BCUT2D eigenvalue weighted by Gasteiger charge is 2.07. The quantitative estimate of drug-likeness (QED) is 0.710. The molecule has 0 saturated carbocycles. The maximum absolute atomic E-state index is 10.8. The minimum Gasteiger partial charge on any atom is -0.478 e. The first-order valence-corrected chi connectivity index (χ1v) is 5.80. The van der Waals surface area contributed by atoms with Crippen LogP contribution in [0, 0.1) is 6.92 Å². The Balaban J connectivity index is 2.62. The van der Waals surface area contributed by atoms with E-state index in [4.69, 9.17) is 5.11 Å². The Bertz CT molecular complexity index is 390. The first-order valence-electron chi connectivity index (χ1n) is 5.80. The molecular weight excluding hydrogens is 218 g/mol. The lowest BCUT2D eigenvalue weighted by atomic mass is 10.1. The lowest BCUT2D eigenvalue weighted by Gasteiger charge is -2.12. The van der Waals surface area contributed by atoms with Crippen molar-refractivity contribution < 1.29 is 15.0 Å². The molecule has 0 aliphatic rings. The largest absolute Gasteiger partial charge is 0.478 e. The second-order valence-electron chi connectivity index (χ2n) is 4.16. The number of rotatable bonds is 6. The van der Waals surface area contributed by atoms with Gasteiger partial charge in [-0.1, -0.05) is 13.3 Å². The Morgan fingerprint density at radius 3 is 2.71 bits per heavy atom. The van der Waals surface area contributed by atoms with Gasteiger partial charge in [-0.3, -0.25) is 0 Å². The number of aryl methyl sites for hydroxylation is 1. The number of aliphatic hydroxyl groups excluding tert-OH is 1. The molecule has 4 nitrogen and oxygen atoms in total. The van der Waals surface area contributed by atoms with E-state index in [-0.39, 0.29) is 6.10 Å². The molecule has 0 spiro atoms. The summed E-state index contributed by atoms with van der Waals surface area (Å²) in [4.78, 5) is 10.8. The Hall–Kier alpha value is -1.55. The molecule has 1 aromatic carbocycles. The Labute approximate surface area is 101 Å². The van der Waals surface area contributed by atoms with E-state index in [1.54, 1.807) is 25.1 Å². The van der Waals surface area contributed by atoms with E-state index in [0.29, 0.717) is 17.7 Å². The SMILES string of the molecule is CCCC(O)CNc1ccc(C(=O)O)c(C)c1. The average Bonchev–Trinajstić information content (AvgIpc) is 2.26. The van der Waals surface area contributed by atoms with Crippen LogP contribution in [-0.2, 0) is 0 Å². The number of carboxylic acids is 1. The number of hydrogen-bond donors (Lipinski definition) is 3. The van der Waals surface area contributed by atoms with E-state index >= 15 is 0 Å². The highest BCUT2D eigenvalue weighted by Crippen LogP contribution is 2.15. The van der Waals surface area contributed by atoms with E-state index < -0.39 is 5.97 Å². The first kappa shape index (κ1) is 13.5. The predicted octanol–water partition coefficient (Wildman–Crippen LogP) is 2.27. The van der Waals surface area contributed by atoms with Crippen molar-refractivity contribution in [3.8, 4) is 0 Å². The van der Waals surface area contributed by atoms with Crippen LogP contribution in [0.15, 0.2) is 18.2 Å². The zero-order chi connectivity index (χ0) is 12.8. The molecule has 17 heavy (non-hydrogen) atoms. The molecule has 0 radical (unpaired) electrons. The van der Waals surface area contributed by atoms with Gasteiger partial charge in [0.15, 0.2) is 0 Å². The normalized spacial score (nSPS) is 12.2. The molecule has 1 atom stereocenters. The van der Waals surface area contributed by atoms with Crippen LogP contribution in [0.3, 0.4) is 0 Å². The van der Waals surface area contributed by atoms with Crippen LogP contribution < -0.4 is 5.32 Å². The zero-order valence-electron chi connectivity index (χ0n) is 10.2. The fourth-order valence-corrected chi connectivity index (χ4v) is 1.68. The van der Waals surface area contributed by atoms with Gasteiger partial charge >= 0.3 is 5.97 Å². The minimum atomic E-state index is -0.917. The van der Waals surface area contributed by atoms with Gasteiger partial charge in [0.05, 0.1) is 11.7 Å². The van der Waals surface area contributed by atoms with Gasteiger partial charge in [-0.15, -0.1) is 0 Å². The van der Waals surface area contributed by atoms with Gasteiger partial charge in [-0.05, 0) is 37.1 Å². The van der Waals surface area contributed by atoms with Crippen molar-refractivity contribution in [2.24, 2.45) is 0 Å². The molecule has 4 heteroatoms. The third-order valence-electron chi connectivity index (χ3n) is 2.62. The lowest BCUT2D eigenvalue weighted by Crippen LogP contribution is -2.19. The second-order valence-corrected chi connectivity index (χ2v) is 4.16. The third-order valence-corrected chi connectivity index (χ3v) is 2.62. The summed E-state index contributed by atoms with van der Waals surface area (Å²) in [5.41, 5.74) is 1.86. The van der Waals surface area contributed by atoms with Gasteiger partial charge in [0.1, 0.15) is 0 Å². The molecule has 0 fully saturated rings. The van der Waals surface area contributed by atoms with Crippen LogP contribution in [-0.4, -0.2) is 28.8 Å². The molecule has 0 aliphatic carbocycles. The van der Waals surface area contributed by atoms with Crippen molar-refractivity contribution in [1.29, 1.82) is 0 Å². The monoisotopic (exact) mass is 237 g/mol. The fourth-order valence-electron chi connectivity index (χ4n) is 1.68. The Kier molecular flexibility index (Phi) is 4.97. The number of aromatic carboxylic acids is 1. The van der Waals surface area contributed by atoms with E-state index in [0.717, 1.165) is 18.5 Å². The number of hydrogen-bond acceptors (Lipinski definition) is 3. The summed E-state index contributed by atoms with van der Waals surface area (Å²) >= 11 is 0. The van der Waals surface area contributed by atoms with Gasteiger partial charge in [0.2, 0.25) is 0 Å². The average molecular weight is 237 g/mol. The number of carbonyl (C=O) groups is 1. The predicted molar refractivity (Wildman–Crippen MR) is 67.5 cm³/mol. The van der Waals surface area contributed by atoms with Gasteiger partial charge in [0, 0.05) is 12.2 Å². The van der Waals surface area contributed by atoms with Crippen molar-refractivity contribution in [3.63, 3.8) is 0 Å². The Morgan fingerprint density at radius 2 is 2.18 bits per heavy atom. The van der Waals surface area contributed by atoms with Crippen LogP contribution in [0.2, 0.25) is 0 Å². The summed E-state index contributed by atoms with van der Waals surface area (Å²) in [6.07, 6.45) is 1.35.